The highest BCUT2D eigenvalue weighted by molar-refractivity contribution is 8.19. The molecule has 1 aromatic heterocycles. The number of thioether (sulfide) groups is 1. The highest BCUT2D eigenvalue weighted by Crippen LogP contribution is 2.34. The predicted octanol–water partition coefficient (Wildman–Crippen LogP) is 2.98. The lowest BCUT2D eigenvalue weighted by molar-refractivity contribution is -0.135. The third kappa shape index (κ3) is 4.37. The summed E-state index contributed by atoms with van der Waals surface area (Å²) in [5, 5.41) is -0.426. The molecule has 1 aromatic carbocycles. The number of halogens is 4. The fraction of sp³-hybridized carbons (Fsp3) is 0.158. The SMILES string of the molecule is COC(=O)C=C1SC(=NC(=O)c2cc(F)c(F)c(F)c2F)N(c2nc(C)cc(C)n2)C1=O. The maximum Gasteiger partial charge on any atom is 0.331 e. The van der Waals surface area contributed by atoms with E-state index in [1.54, 1.807) is 19.9 Å². The Labute approximate surface area is 182 Å². The second-order valence-electron chi connectivity index (χ2n) is 6.27. The molecule has 0 spiro atoms. The van der Waals surface area contributed by atoms with E-state index >= 15 is 0 Å². The average molecular weight is 468 g/mol. The van der Waals surface area contributed by atoms with Gasteiger partial charge in [0.2, 0.25) is 5.95 Å². The van der Waals surface area contributed by atoms with Crippen LogP contribution in [0.15, 0.2) is 28.1 Å². The minimum atomic E-state index is -2.19. The molecular weight excluding hydrogens is 456 g/mol. The number of aryl methyl sites for hydroxylation is 2. The smallest absolute Gasteiger partial charge is 0.331 e. The predicted molar refractivity (Wildman–Crippen MR) is 105 cm³/mol. The van der Waals surface area contributed by atoms with Crippen molar-refractivity contribution < 1.29 is 36.7 Å². The van der Waals surface area contributed by atoms with Gasteiger partial charge in [-0.2, -0.15) is 4.99 Å². The molecule has 0 bridgehead atoms. The van der Waals surface area contributed by atoms with Gasteiger partial charge in [0.05, 0.1) is 17.6 Å². The molecule has 13 heteroatoms. The average Bonchev–Trinajstić information content (AvgIpc) is 3.02. The summed E-state index contributed by atoms with van der Waals surface area (Å²) < 4.78 is 58.7. The molecule has 0 radical (unpaired) electrons. The summed E-state index contributed by atoms with van der Waals surface area (Å²) in [6, 6.07) is 1.74. The van der Waals surface area contributed by atoms with Crippen molar-refractivity contribution in [2.45, 2.75) is 13.8 Å². The lowest BCUT2D eigenvalue weighted by Crippen LogP contribution is -2.31. The number of amides is 2. The summed E-state index contributed by atoms with van der Waals surface area (Å²) in [5.74, 6) is -11.5. The Hall–Kier alpha value is -3.61. The van der Waals surface area contributed by atoms with E-state index in [2.05, 4.69) is 19.7 Å². The normalized spacial score (nSPS) is 16.2. The topological polar surface area (TPSA) is 102 Å². The molecule has 8 nitrogen and oxygen atoms in total. The molecule has 32 heavy (non-hydrogen) atoms. The van der Waals surface area contributed by atoms with E-state index in [1.165, 1.54) is 0 Å². The van der Waals surface area contributed by atoms with Gasteiger partial charge in [-0.15, -0.1) is 0 Å². The summed E-state index contributed by atoms with van der Waals surface area (Å²) in [4.78, 5) is 49.1. The van der Waals surface area contributed by atoms with Gasteiger partial charge in [-0.1, -0.05) is 0 Å². The van der Waals surface area contributed by atoms with Gasteiger partial charge in [0.25, 0.3) is 11.8 Å². The van der Waals surface area contributed by atoms with Crippen molar-refractivity contribution in [2.75, 3.05) is 12.0 Å². The monoisotopic (exact) mass is 468 g/mol. The van der Waals surface area contributed by atoms with Gasteiger partial charge in [0.15, 0.2) is 28.4 Å². The van der Waals surface area contributed by atoms with Crippen LogP contribution in [0.1, 0.15) is 21.7 Å². The first-order valence-corrected chi connectivity index (χ1v) is 9.45. The molecule has 2 heterocycles. The van der Waals surface area contributed by atoms with Crippen molar-refractivity contribution >= 4 is 40.7 Å². The van der Waals surface area contributed by atoms with E-state index in [4.69, 9.17) is 0 Å². The first-order chi connectivity index (χ1) is 15.0. The number of hydrogen-bond donors (Lipinski definition) is 0. The molecule has 1 aliphatic heterocycles. The molecule has 1 aliphatic rings. The van der Waals surface area contributed by atoms with E-state index < -0.39 is 51.8 Å². The number of esters is 1. The molecule has 1 saturated heterocycles. The number of rotatable bonds is 3. The molecule has 3 rings (SSSR count). The number of aromatic nitrogens is 2. The third-order valence-corrected chi connectivity index (χ3v) is 4.93. The molecule has 0 N–H and O–H groups in total. The van der Waals surface area contributed by atoms with E-state index in [0.29, 0.717) is 23.1 Å². The lowest BCUT2D eigenvalue weighted by Gasteiger charge is -2.14. The molecule has 2 amide bonds. The van der Waals surface area contributed by atoms with Crippen LogP contribution in [0.5, 0.6) is 0 Å². The van der Waals surface area contributed by atoms with Crippen molar-refractivity contribution in [1.29, 1.82) is 0 Å². The van der Waals surface area contributed by atoms with E-state index in [1.807, 2.05) is 0 Å². The number of aliphatic imine (C=N–C) groups is 1. The summed E-state index contributed by atoms with van der Waals surface area (Å²) in [6.07, 6.45) is 0.827. The van der Waals surface area contributed by atoms with Crippen LogP contribution in [0.25, 0.3) is 0 Å². The molecular formula is C19H12F4N4O4S. The Balaban J connectivity index is 2.13. The van der Waals surface area contributed by atoms with Crippen LogP contribution < -0.4 is 4.90 Å². The second-order valence-corrected chi connectivity index (χ2v) is 7.28. The molecule has 1 fully saturated rings. The summed E-state index contributed by atoms with van der Waals surface area (Å²) >= 11 is 0.519. The zero-order valence-corrected chi connectivity index (χ0v) is 17.4. The number of ether oxygens (including phenoxy) is 1. The summed E-state index contributed by atoms with van der Waals surface area (Å²) in [5.41, 5.74) is -0.293. The number of benzene rings is 1. The fourth-order valence-corrected chi connectivity index (χ4v) is 3.49. The number of hydrogen-bond acceptors (Lipinski definition) is 7. The van der Waals surface area contributed by atoms with Gasteiger partial charge in [-0.3, -0.25) is 9.59 Å². The van der Waals surface area contributed by atoms with Crippen LogP contribution in [-0.4, -0.2) is 40.0 Å². The van der Waals surface area contributed by atoms with Gasteiger partial charge in [0, 0.05) is 17.5 Å². The van der Waals surface area contributed by atoms with Crippen LogP contribution in [-0.2, 0) is 14.3 Å². The maximum atomic E-state index is 14.0. The van der Waals surface area contributed by atoms with Crippen LogP contribution in [0, 0.1) is 37.1 Å². The van der Waals surface area contributed by atoms with Crippen molar-refractivity contribution in [3.63, 3.8) is 0 Å². The standard InChI is InChI=1S/C19H12F4N4O4S/c1-7-4-8(2)25-18(24-7)27-17(30)11(6-12(28)31-3)32-19(27)26-16(29)9-5-10(20)14(22)15(23)13(9)21/h4-6H,1-3H3. The zero-order valence-electron chi connectivity index (χ0n) is 16.6. The van der Waals surface area contributed by atoms with Gasteiger partial charge in [-0.05, 0) is 37.7 Å². The highest BCUT2D eigenvalue weighted by atomic mass is 32.2. The largest absolute Gasteiger partial charge is 0.466 e. The van der Waals surface area contributed by atoms with Gasteiger partial charge < -0.3 is 4.74 Å². The number of nitrogens with zero attached hydrogens (tertiary/aromatic N) is 4. The van der Waals surface area contributed by atoms with E-state index in [9.17, 15) is 31.9 Å². The Bertz CT molecular complexity index is 1210. The Morgan fingerprint density at radius 3 is 2.28 bits per heavy atom. The number of methoxy groups -OCH3 is 1. The van der Waals surface area contributed by atoms with Crippen LogP contribution in [0.3, 0.4) is 0 Å². The van der Waals surface area contributed by atoms with Gasteiger partial charge >= 0.3 is 5.97 Å². The van der Waals surface area contributed by atoms with Crippen molar-refractivity contribution in [3.8, 4) is 0 Å². The maximum absolute atomic E-state index is 14.0. The minimum absolute atomic E-state index is 0.143. The Kier molecular flexibility index (Phi) is 6.39. The van der Waals surface area contributed by atoms with Crippen molar-refractivity contribution in [2.24, 2.45) is 4.99 Å². The molecule has 0 atom stereocenters. The summed E-state index contributed by atoms with van der Waals surface area (Å²) in [6.45, 7) is 3.22. The molecule has 166 valence electrons. The number of carbonyl (C=O) groups excluding carboxylic acids is 3. The van der Waals surface area contributed by atoms with Crippen molar-refractivity contribution in [3.05, 3.63) is 63.3 Å². The number of amidine groups is 1. The van der Waals surface area contributed by atoms with Gasteiger partial charge in [0.1, 0.15) is 0 Å². The van der Waals surface area contributed by atoms with Crippen molar-refractivity contribution in [1.82, 2.24) is 9.97 Å². The second kappa shape index (κ2) is 8.86. The van der Waals surface area contributed by atoms with Gasteiger partial charge in [-0.25, -0.2) is 37.2 Å². The Morgan fingerprint density at radius 2 is 1.69 bits per heavy atom. The third-order valence-electron chi connectivity index (χ3n) is 3.96. The fourth-order valence-electron chi connectivity index (χ4n) is 2.57. The lowest BCUT2D eigenvalue weighted by atomic mass is 10.2. The van der Waals surface area contributed by atoms with Crippen LogP contribution in [0.2, 0.25) is 0 Å². The minimum Gasteiger partial charge on any atom is -0.466 e. The molecule has 0 unspecified atom stereocenters. The molecule has 2 aromatic rings. The number of carbonyl (C=O) groups is 3. The van der Waals surface area contributed by atoms with Crippen LogP contribution >= 0.6 is 11.8 Å². The highest BCUT2D eigenvalue weighted by Gasteiger charge is 2.38. The van der Waals surface area contributed by atoms with E-state index in [0.717, 1.165) is 18.1 Å². The van der Waals surface area contributed by atoms with Crippen LogP contribution in [0.4, 0.5) is 23.5 Å². The zero-order chi connectivity index (χ0) is 23.7. The first kappa shape index (κ1) is 23.1. The quantitative estimate of drug-likeness (QED) is 0.224. The molecule has 0 aliphatic carbocycles. The number of anilines is 1. The Morgan fingerprint density at radius 1 is 1.06 bits per heavy atom. The first-order valence-electron chi connectivity index (χ1n) is 8.63. The molecule has 0 saturated carbocycles. The summed E-state index contributed by atoms with van der Waals surface area (Å²) in [7, 11) is 1.08. The van der Waals surface area contributed by atoms with E-state index in [-0.39, 0.29) is 16.9 Å².